The molecule has 0 fully saturated rings. The molecule has 25 heavy (non-hydrogen) atoms. The number of aromatic carboxylic acids is 1. The van der Waals surface area contributed by atoms with E-state index in [4.69, 9.17) is 0 Å². The second-order valence-electron chi connectivity index (χ2n) is 8.07. The Morgan fingerprint density at radius 1 is 1.28 bits per heavy atom. The Kier molecular flexibility index (Phi) is 5.81. The van der Waals surface area contributed by atoms with E-state index in [-0.39, 0.29) is 22.5 Å². The van der Waals surface area contributed by atoms with Crippen molar-refractivity contribution in [3.63, 3.8) is 0 Å². The first kappa shape index (κ1) is 19.4. The highest BCUT2D eigenvalue weighted by Gasteiger charge is 2.27. The van der Waals surface area contributed by atoms with Crippen molar-refractivity contribution in [1.82, 2.24) is 0 Å². The first-order valence-corrected chi connectivity index (χ1v) is 9.13. The third-order valence-electron chi connectivity index (χ3n) is 5.32. The molecule has 3 N–H and O–H groups in total. The molecule has 0 aromatic heterocycles. The van der Waals surface area contributed by atoms with Crippen LogP contribution in [0.4, 0.5) is 0 Å². The smallest absolute Gasteiger partial charge is 0.339 e. The third-order valence-corrected chi connectivity index (χ3v) is 5.32. The molecule has 2 rings (SSSR count). The summed E-state index contributed by atoms with van der Waals surface area (Å²) in [4.78, 5) is 11.7. The summed E-state index contributed by atoms with van der Waals surface area (Å²) >= 11 is 0. The van der Waals surface area contributed by atoms with Gasteiger partial charge >= 0.3 is 5.97 Å². The lowest BCUT2D eigenvalue weighted by Gasteiger charge is -2.32. The average molecular weight is 346 g/mol. The van der Waals surface area contributed by atoms with E-state index in [0.29, 0.717) is 24.0 Å². The number of phenols is 2. The molecular weight excluding hydrogens is 316 g/mol. The monoisotopic (exact) mass is 346 g/mol. The molecule has 4 nitrogen and oxygen atoms in total. The van der Waals surface area contributed by atoms with Crippen LogP contribution in [-0.2, 0) is 12.8 Å². The Labute approximate surface area is 150 Å². The molecular formula is C21H30O4. The number of rotatable bonds is 6. The summed E-state index contributed by atoms with van der Waals surface area (Å²) < 4.78 is 0. The highest BCUT2D eigenvalue weighted by molar-refractivity contribution is 5.93. The second kappa shape index (κ2) is 7.51. The molecule has 0 amide bonds. The van der Waals surface area contributed by atoms with Crippen LogP contribution in [0.5, 0.6) is 11.5 Å². The van der Waals surface area contributed by atoms with E-state index < -0.39 is 5.97 Å². The van der Waals surface area contributed by atoms with Crippen molar-refractivity contribution in [2.75, 3.05) is 0 Å². The summed E-state index contributed by atoms with van der Waals surface area (Å²) in [5.41, 5.74) is 3.53. The predicted octanol–water partition coefficient (Wildman–Crippen LogP) is 5.21. The number of carbonyl (C=O) groups is 1. The number of unbranched alkanes of at least 4 members (excludes halogenated alkanes) is 1. The van der Waals surface area contributed by atoms with Crippen molar-refractivity contribution in [3.8, 4) is 11.5 Å². The maximum Gasteiger partial charge on any atom is 0.339 e. The minimum absolute atomic E-state index is 0.00117. The normalized spacial score (nSPS) is 17.0. The fourth-order valence-electron chi connectivity index (χ4n) is 3.81. The quantitative estimate of drug-likeness (QED) is 0.618. The molecule has 0 atom stereocenters. The molecule has 0 saturated carbocycles. The molecule has 0 saturated heterocycles. The number of hydrogen-bond acceptors (Lipinski definition) is 3. The number of phenolic OH excluding ortho intramolecular Hbond substituents is 1. The maximum absolute atomic E-state index is 11.7. The minimum atomic E-state index is -1.14. The highest BCUT2D eigenvalue weighted by atomic mass is 16.4. The molecule has 1 aromatic rings. The van der Waals surface area contributed by atoms with Crippen molar-refractivity contribution in [2.45, 2.75) is 72.6 Å². The predicted molar refractivity (Wildman–Crippen MR) is 99.4 cm³/mol. The van der Waals surface area contributed by atoms with Gasteiger partial charge in [0.05, 0.1) is 0 Å². The Bertz CT molecular complexity index is 698. The van der Waals surface area contributed by atoms with Gasteiger partial charge in [-0.1, -0.05) is 38.3 Å². The van der Waals surface area contributed by atoms with Crippen LogP contribution < -0.4 is 0 Å². The molecule has 0 aliphatic heterocycles. The summed E-state index contributed by atoms with van der Waals surface area (Å²) in [6.07, 6.45) is 5.65. The van der Waals surface area contributed by atoms with Crippen molar-refractivity contribution in [1.29, 1.82) is 0 Å². The van der Waals surface area contributed by atoms with Crippen molar-refractivity contribution < 1.29 is 20.1 Å². The van der Waals surface area contributed by atoms with Gasteiger partial charge in [-0.15, -0.1) is 0 Å². The Hall–Kier alpha value is -1.97. The van der Waals surface area contributed by atoms with Gasteiger partial charge in [-0.2, -0.15) is 0 Å². The van der Waals surface area contributed by atoms with Crippen molar-refractivity contribution in [3.05, 3.63) is 33.9 Å². The Balaban J connectivity index is 2.42. The van der Waals surface area contributed by atoms with E-state index in [0.717, 1.165) is 32.1 Å². The van der Waals surface area contributed by atoms with E-state index in [1.165, 1.54) is 17.2 Å². The number of hydrogen-bond donors (Lipinski definition) is 3. The first-order valence-electron chi connectivity index (χ1n) is 9.13. The topological polar surface area (TPSA) is 77.8 Å². The Morgan fingerprint density at radius 3 is 2.52 bits per heavy atom. The van der Waals surface area contributed by atoms with Gasteiger partial charge in [0.25, 0.3) is 0 Å². The SMILES string of the molecule is CCCCc1cc(O)c(CC2=C(C)CC(C)(C)CC2)c(O)c1C(=O)O. The number of benzene rings is 1. The van der Waals surface area contributed by atoms with Gasteiger partial charge in [0.1, 0.15) is 17.1 Å². The van der Waals surface area contributed by atoms with Crippen LogP contribution in [0, 0.1) is 5.41 Å². The first-order chi connectivity index (χ1) is 11.7. The molecule has 4 heteroatoms. The van der Waals surface area contributed by atoms with Gasteiger partial charge in [0, 0.05) is 12.0 Å². The zero-order valence-corrected chi connectivity index (χ0v) is 15.8. The second-order valence-corrected chi connectivity index (χ2v) is 8.07. The fraction of sp³-hybridized carbons (Fsp3) is 0.571. The Morgan fingerprint density at radius 2 is 1.96 bits per heavy atom. The average Bonchev–Trinajstić information content (AvgIpc) is 2.49. The summed E-state index contributed by atoms with van der Waals surface area (Å²) in [6, 6.07) is 1.52. The van der Waals surface area contributed by atoms with Gasteiger partial charge < -0.3 is 15.3 Å². The van der Waals surface area contributed by atoms with E-state index in [2.05, 4.69) is 20.8 Å². The molecule has 0 radical (unpaired) electrons. The minimum Gasteiger partial charge on any atom is -0.508 e. The number of aromatic hydroxyl groups is 2. The molecule has 1 aliphatic carbocycles. The van der Waals surface area contributed by atoms with E-state index in [9.17, 15) is 20.1 Å². The van der Waals surface area contributed by atoms with Crippen molar-refractivity contribution >= 4 is 5.97 Å². The largest absolute Gasteiger partial charge is 0.508 e. The number of aryl methyl sites for hydroxylation is 1. The van der Waals surface area contributed by atoms with Gasteiger partial charge in [-0.3, -0.25) is 0 Å². The zero-order valence-electron chi connectivity index (χ0n) is 15.8. The third kappa shape index (κ3) is 4.36. The van der Waals surface area contributed by atoms with Crippen LogP contribution in [0.1, 0.15) is 81.3 Å². The van der Waals surface area contributed by atoms with Gasteiger partial charge in [-0.25, -0.2) is 4.79 Å². The van der Waals surface area contributed by atoms with Crippen LogP contribution in [0.15, 0.2) is 17.2 Å². The molecule has 0 heterocycles. The number of carboxylic acid groups (broad SMARTS) is 1. The highest BCUT2D eigenvalue weighted by Crippen LogP contribution is 2.42. The molecule has 138 valence electrons. The maximum atomic E-state index is 11.7. The standard InChI is InChI=1S/C21H30O4/c1-5-6-7-15-11-17(22)16(19(23)18(15)20(24)25)10-14-8-9-21(3,4)12-13(14)2/h11,22-23H,5-10,12H2,1-4H3,(H,24,25). The zero-order chi connectivity index (χ0) is 18.8. The molecule has 0 bridgehead atoms. The van der Waals surface area contributed by atoms with Crippen LogP contribution in [0.3, 0.4) is 0 Å². The number of allylic oxidation sites excluding steroid dienone is 2. The van der Waals surface area contributed by atoms with Crippen molar-refractivity contribution in [2.24, 2.45) is 5.41 Å². The van der Waals surface area contributed by atoms with Crippen LogP contribution in [0.25, 0.3) is 0 Å². The van der Waals surface area contributed by atoms with Gasteiger partial charge in [-0.05, 0) is 56.1 Å². The summed E-state index contributed by atoms with van der Waals surface area (Å²) in [5.74, 6) is -1.41. The van der Waals surface area contributed by atoms with Gasteiger partial charge in [0.2, 0.25) is 0 Å². The lowest BCUT2D eigenvalue weighted by molar-refractivity contribution is 0.0692. The van der Waals surface area contributed by atoms with Crippen LogP contribution in [0.2, 0.25) is 0 Å². The number of carboxylic acids is 1. The van der Waals surface area contributed by atoms with E-state index in [1.807, 2.05) is 6.92 Å². The van der Waals surface area contributed by atoms with Crippen LogP contribution >= 0.6 is 0 Å². The summed E-state index contributed by atoms with van der Waals surface area (Å²) in [5, 5.41) is 30.5. The van der Waals surface area contributed by atoms with Crippen LogP contribution in [-0.4, -0.2) is 21.3 Å². The van der Waals surface area contributed by atoms with E-state index in [1.54, 1.807) is 0 Å². The molecule has 0 unspecified atom stereocenters. The molecule has 1 aromatic carbocycles. The van der Waals surface area contributed by atoms with Gasteiger partial charge in [0.15, 0.2) is 0 Å². The molecule has 1 aliphatic rings. The summed E-state index contributed by atoms with van der Waals surface area (Å²) in [7, 11) is 0. The van der Waals surface area contributed by atoms with E-state index >= 15 is 0 Å². The molecule has 0 spiro atoms. The fourth-order valence-corrected chi connectivity index (χ4v) is 3.81. The lowest BCUT2D eigenvalue weighted by atomic mass is 9.73. The lowest BCUT2D eigenvalue weighted by Crippen LogP contribution is -2.18. The summed E-state index contributed by atoms with van der Waals surface area (Å²) in [6.45, 7) is 8.60.